The summed E-state index contributed by atoms with van der Waals surface area (Å²) in [5, 5.41) is 0. The number of ketones is 2. The number of hydrogen-bond acceptors (Lipinski definition) is 3. The molecule has 0 unspecified atom stereocenters. The summed E-state index contributed by atoms with van der Waals surface area (Å²) in [5.74, 6) is 0.246. The van der Waals surface area contributed by atoms with Crippen molar-refractivity contribution in [1.82, 2.24) is 4.90 Å². The van der Waals surface area contributed by atoms with Gasteiger partial charge in [-0.3, -0.25) is 9.59 Å². The second kappa shape index (κ2) is 6.83. The van der Waals surface area contributed by atoms with Crippen LogP contribution in [-0.4, -0.2) is 23.0 Å². The van der Waals surface area contributed by atoms with Gasteiger partial charge in [0.1, 0.15) is 0 Å². The van der Waals surface area contributed by atoms with Crippen LogP contribution in [0.5, 0.6) is 0 Å². The first-order valence-corrected chi connectivity index (χ1v) is 9.09. The zero-order valence-corrected chi connectivity index (χ0v) is 15.4. The molecule has 1 aromatic rings. The van der Waals surface area contributed by atoms with Gasteiger partial charge in [0, 0.05) is 29.1 Å². The van der Waals surface area contributed by atoms with E-state index in [9.17, 15) is 9.59 Å². The summed E-state index contributed by atoms with van der Waals surface area (Å²) in [7, 11) is 0. The lowest BCUT2D eigenvalue weighted by molar-refractivity contribution is 0.0988. The van der Waals surface area contributed by atoms with E-state index in [-0.39, 0.29) is 11.6 Å². The Kier molecular flexibility index (Phi) is 4.76. The van der Waals surface area contributed by atoms with Crippen molar-refractivity contribution in [3.05, 3.63) is 70.1 Å². The first-order valence-electron chi connectivity index (χ1n) is 9.09. The van der Waals surface area contributed by atoms with Gasteiger partial charge in [0.15, 0.2) is 11.6 Å². The molecule has 1 aliphatic carbocycles. The normalized spacial score (nSPS) is 17.2. The van der Waals surface area contributed by atoms with Gasteiger partial charge in [0.05, 0.1) is 5.57 Å². The molecule has 1 heterocycles. The summed E-state index contributed by atoms with van der Waals surface area (Å²) in [6, 6.07) is 7.10. The lowest BCUT2D eigenvalue weighted by atomic mass is 9.96. The van der Waals surface area contributed by atoms with Crippen LogP contribution in [-0.2, 0) is 0 Å². The predicted octanol–water partition coefficient (Wildman–Crippen LogP) is 4.92. The Morgan fingerprint density at radius 3 is 1.76 bits per heavy atom. The Hall–Kier alpha value is -2.42. The van der Waals surface area contributed by atoms with E-state index in [4.69, 9.17) is 0 Å². The number of hydrogen-bond donors (Lipinski definition) is 0. The summed E-state index contributed by atoms with van der Waals surface area (Å²) in [4.78, 5) is 27.9. The van der Waals surface area contributed by atoms with Gasteiger partial charge in [-0.1, -0.05) is 52.0 Å². The van der Waals surface area contributed by atoms with Crippen molar-refractivity contribution in [2.24, 2.45) is 5.92 Å². The Bertz CT molecular complexity index is 763. The van der Waals surface area contributed by atoms with Gasteiger partial charge in [-0.2, -0.15) is 0 Å². The molecule has 2 aliphatic rings. The maximum Gasteiger partial charge on any atom is 0.198 e. The Morgan fingerprint density at radius 1 is 0.880 bits per heavy atom. The highest BCUT2D eigenvalue weighted by Gasteiger charge is 2.35. The van der Waals surface area contributed by atoms with Crippen LogP contribution in [0.15, 0.2) is 59.0 Å². The third-order valence-electron chi connectivity index (χ3n) is 4.77. The molecule has 0 atom stereocenters. The van der Waals surface area contributed by atoms with E-state index < -0.39 is 0 Å². The third-order valence-corrected chi connectivity index (χ3v) is 4.77. The number of Topliss-reactive ketones (excluding diaryl/α,β-unsaturated/α-hetero) is 2. The fourth-order valence-corrected chi connectivity index (χ4v) is 3.58. The maximum atomic E-state index is 12.8. The number of benzene rings is 1. The van der Waals surface area contributed by atoms with Crippen LogP contribution in [0.25, 0.3) is 0 Å². The average molecular weight is 335 g/mol. The molecule has 3 heteroatoms. The quantitative estimate of drug-likeness (QED) is 0.579. The second-order valence-corrected chi connectivity index (χ2v) is 7.02. The standard InChI is InChI=1S/C22H25NO2/c1-5-16-11-15(12-17(6-2)23(16)13-14(3)4)20-21(24)18-9-7-8-10-19(18)22(20)25/h7-12,14H,5-6,13H2,1-4H3. The minimum Gasteiger partial charge on any atom is -0.348 e. The third kappa shape index (κ3) is 2.99. The molecule has 130 valence electrons. The van der Waals surface area contributed by atoms with Gasteiger partial charge < -0.3 is 4.90 Å². The molecule has 0 amide bonds. The van der Waals surface area contributed by atoms with E-state index in [1.807, 2.05) is 24.3 Å². The molecular weight excluding hydrogens is 310 g/mol. The molecule has 0 saturated carbocycles. The topological polar surface area (TPSA) is 37.4 Å². The summed E-state index contributed by atoms with van der Waals surface area (Å²) in [5.41, 5.74) is 4.48. The van der Waals surface area contributed by atoms with E-state index in [1.54, 1.807) is 12.1 Å². The van der Waals surface area contributed by atoms with Crippen LogP contribution >= 0.6 is 0 Å². The van der Waals surface area contributed by atoms with Crippen molar-refractivity contribution < 1.29 is 9.59 Å². The Morgan fingerprint density at radius 2 is 1.36 bits per heavy atom. The molecule has 3 nitrogen and oxygen atoms in total. The molecule has 1 aliphatic heterocycles. The van der Waals surface area contributed by atoms with Crippen molar-refractivity contribution in [2.45, 2.75) is 40.5 Å². The second-order valence-electron chi connectivity index (χ2n) is 7.02. The molecule has 0 radical (unpaired) electrons. The monoisotopic (exact) mass is 335 g/mol. The van der Waals surface area contributed by atoms with Crippen LogP contribution in [0.2, 0.25) is 0 Å². The Balaban J connectivity index is 2.12. The first kappa shape index (κ1) is 17.4. The number of rotatable bonds is 4. The van der Waals surface area contributed by atoms with Crippen molar-refractivity contribution in [2.75, 3.05) is 6.54 Å². The molecule has 0 spiro atoms. The van der Waals surface area contributed by atoms with E-state index in [0.717, 1.165) is 25.0 Å². The molecule has 0 aromatic heterocycles. The molecule has 1 aromatic carbocycles. The molecular formula is C22H25NO2. The largest absolute Gasteiger partial charge is 0.348 e. The van der Waals surface area contributed by atoms with Gasteiger partial charge >= 0.3 is 0 Å². The van der Waals surface area contributed by atoms with E-state index in [0.29, 0.717) is 22.6 Å². The summed E-state index contributed by atoms with van der Waals surface area (Å²) in [6.07, 6.45) is 5.80. The summed E-state index contributed by atoms with van der Waals surface area (Å²) < 4.78 is 0. The Labute approximate surface area is 149 Å². The minimum absolute atomic E-state index is 0.147. The van der Waals surface area contributed by atoms with Gasteiger partial charge in [-0.25, -0.2) is 0 Å². The highest BCUT2D eigenvalue weighted by Crippen LogP contribution is 2.34. The highest BCUT2D eigenvalue weighted by atomic mass is 16.2. The van der Waals surface area contributed by atoms with Crippen LogP contribution in [0, 0.1) is 5.92 Å². The van der Waals surface area contributed by atoms with Gasteiger partial charge in [-0.15, -0.1) is 0 Å². The highest BCUT2D eigenvalue weighted by molar-refractivity contribution is 6.40. The zero-order chi connectivity index (χ0) is 18.1. The SMILES string of the molecule is CCC1=CC(=C2C(=O)c3ccccc3C2=O)C=C(CC)N1CC(C)C. The molecule has 0 saturated heterocycles. The number of allylic oxidation sites excluding steroid dienone is 6. The molecule has 3 rings (SSSR count). The number of fused-ring (bicyclic) bond motifs is 1. The van der Waals surface area contributed by atoms with E-state index in [2.05, 4.69) is 32.6 Å². The van der Waals surface area contributed by atoms with Crippen LogP contribution in [0.4, 0.5) is 0 Å². The maximum absolute atomic E-state index is 12.8. The van der Waals surface area contributed by atoms with Crippen LogP contribution in [0.3, 0.4) is 0 Å². The first-order chi connectivity index (χ1) is 12.0. The smallest absolute Gasteiger partial charge is 0.198 e. The summed E-state index contributed by atoms with van der Waals surface area (Å²) in [6.45, 7) is 9.59. The van der Waals surface area contributed by atoms with Crippen molar-refractivity contribution >= 4 is 11.6 Å². The fourth-order valence-electron chi connectivity index (χ4n) is 3.58. The van der Waals surface area contributed by atoms with Crippen LogP contribution < -0.4 is 0 Å². The van der Waals surface area contributed by atoms with E-state index in [1.165, 1.54) is 11.4 Å². The molecule has 0 fully saturated rings. The summed E-state index contributed by atoms with van der Waals surface area (Å²) >= 11 is 0. The van der Waals surface area contributed by atoms with Crippen molar-refractivity contribution in [3.63, 3.8) is 0 Å². The fraction of sp³-hybridized carbons (Fsp3) is 0.364. The van der Waals surface area contributed by atoms with Crippen molar-refractivity contribution in [3.8, 4) is 0 Å². The average Bonchev–Trinajstić information content (AvgIpc) is 2.86. The van der Waals surface area contributed by atoms with Crippen molar-refractivity contribution in [1.29, 1.82) is 0 Å². The van der Waals surface area contributed by atoms with Gasteiger partial charge in [-0.05, 0) is 36.5 Å². The zero-order valence-electron chi connectivity index (χ0n) is 15.4. The molecule has 25 heavy (non-hydrogen) atoms. The number of carbonyl (C=O) groups is 2. The lowest BCUT2D eigenvalue weighted by Crippen LogP contribution is -2.28. The predicted molar refractivity (Wildman–Crippen MR) is 100 cm³/mol. The van der Waals surface area contributed by atoms with Gasteiger partial charge in [0.25, 0.3) is 0 Å². The lowest BCUT2D eigenvalue weighted by Gasteiger charge is -2.34. The minimum atomic E-state index is -0.147. The number of nitrogens with zero attached hydrogens (tertiary/aromatic N) is 1. The molecule has 0 bridgehead atoms. The van der Waals surface area contributed by atoms with E-state index >= 15 is 0 Å². The van der Waals surface area contributed by atoms with Gasteiger partial charge in [0.2, 0.25) is 0 Å². The molecule has 0 N–H and O–H groups in total. The van der Waals surface area contributed by atoms with Crippen LogP contribution in [0.1, 0.15) is 61.3 Å². The number of carbonyl (C=O) groups excluding carboxylic acids is 2.